The summed E-state index contributed by atoms with van der Waals surface area (Å²) in [6.07, 6.45) is 20.0. The summed E-state index contributed by atoms with van der Waals surface area (Å²) < 4.78 is 22.7. The summed E-state index contributed by atoms with van der Waals surface area (Å²) in [5.41, 5.74) is 0. The standard InChI is InChI=1S/C24H52NO4P/c1-5-7-9-11-13-14-15-16-17-19-21-25(3,4)22-24-29-30(26,27)28-23-20-18-12-10-8-6-2/h5-24H2,1-4H3. The Bertz CT molecular complexity index is 418. The van der Waals surface area contributed by atoms with E-state index in [1.165, 1.54) is 83.5 Å². The average Bonchev–Trinajstić information content (AvgIpc) is 2.68. The second-order valence-electron chi connectivity index (χ2n) is 9.45. The molecule has 0 rings (SSSR count). The van der Waals surface area contributed by atoms with Crippen molar-refractivity contribution in [2.75, 3.05) is 40.4 Å². The van der Waals surface area contributed by atoms with Gasteiger partial charge in [-0.25, -0.2) is 0 Å². The Hall–Kier alpha value is 0.0700. The number of nitrogens with zero attached hydrogens (tertiary/aromatic N) is 1. The Morgan fingerprint density at radius 3 is 1.50 bits per heavy atom. The van der Waals surface area contributed by atoms with Gasteiger partial charge in [0.2, 0.25) is 0 Å². The van der Waals surface area contributed by atoms with Crippen LogP contribution in [0.3, 0.4) is 0 Å². The number of rotatable bonds is 23. The Balaban J connectivity index is 3.64. The van der Waals surface area contributed by atoms with Crippen LogP contribution in [0.1, 0.15) is 117 Å². The molecule has 0 amide bonds. The summed E-state index contributed by atoms with van der Waals surface area (Å²) in [5, 5.41) is 0. The molecule has 6 heteroatoms. The number of hydrogen-bond donors (Lipinski definition) is 0. The number of likely N-dealkylation sites (N-methyl/N-ethyl adjacent to an activating group) is 1. The van der Waals surface area contributed by atoms with Gasteiger partial charge in [0.15, 0.2) is 0 Å². The molecule has 0 fully saturated rings. The average molecular weight is 450 g/mol. The van der Waals surface area contributed by atoms with E-state index in [4.69, 9.17) is 9.05 Å². The van der Waals surface area contributed by atoms with Crippen LogP contribution in [0.15, 0.2) is 0 Å². The quantitative estimate of drug-likeness (QED) is 0.0972. The lowest BCUT2D eigenvalue weighted by Gasteiger charge is -2.31. The van der Waals surface area contributed by atoms with Crippen molar-refractivity contribution in [1.82, 2.24) is 0 Å². The molecule has 0 aliphatic rings. The van der Waals surface area contributed by atoms with E-state index in [1.54, 1.807) is 0 Å². The first-order valence-electron chi connectivity index (χ1n) is 12.7. The van der Waals surface area contributed by atoms with Gasteiger partial charge in [0.1, 0.15) is 13.2 Å². The molecule has 1 atom stereocenters. The molecule has 182 valence electrons. The van der Waals surface area contributed by atoms with Crippen LogP contribution >= 0.6 is 7.82 Å². The van der Waals surface area contributed by atoms with E-state index in [0.717, 1.165) is 30.3 Å². The van der Waals surface area contributed by atoms with Crippen molar-refractivity contribution >= 4 is 7.82 Å². The maximum absolute atomic E-state index is 11.9. The Morgan fingerprint density at radius 1 is 0.600 bits per heavy atom. The summed E-state index contributed by atoms with van der Waals surface area (Å²) in [6.45, 7) is 6.62. The van der Waals surface area contributed by atoms with E-state index in [0.29, 0.717) is 6.54 Å². The molecular weight excluding hydrogens is 397 g/mol. The summed E-state index contributed by atoms with van der Waals surface area (Å²) >= 11 is 0. The maximum Gasteiger partial charge on any atom is 0.268 e. The lowest BCUT2D eigenvalue weighted by molar-refractivity contribution is -0.890. The fraction of sp³-hybridized carbons (Fsp3) is 1.00. The summed E-state index contributed by atoms with van der Waals surface area (Å²) in [6, 6.07) is 0. The Morgan fingerprint density at radius 2 is 1.00 bits per heavy atom. The van der Waals surface area contributed by atoms with Crippen molar-refractivity contribution in [3.8, 4) is 0 Å². The molecule has 0 aromatic carbocycles. The molecule has 0 aromatic rings. The van der Waals surface area contributed by atoms with E-state index in [2.05, 4.69) is 27.9 Å². The first-order valence-corrected chi connectivity index (χ1v) is 14.2. The van der Waals surface area contributed by atoms with E-state index < -0.39 is 7.82 Å². The smallest absolute Gasteiger partial charge is 0.268 e. The second-order valence-corrected chi connectivity index (χ2v) is 10.9. The number of phosphoric ester groups is 1. The van der Waals surface area contributed by atoms with Gasteiger partial charge in [0.05, 0.1) is 27.2 Å². The van der Waals surface area contributed by atoms with Crippen LogP contribution in [0.5, 0.6) is 0 Å². The third-order valence-corrected chi connectivity index (χ3v) is 6.81. The first kappa shape index (κ1) is 30.1. The van der Waals surface area contributed by atoms with E-state index in [9.17, 15) is 9.46 Å². The molecule has 0 radical (unpaired) electrons. The molecular formula is C24H52NO4P. The molecule has 0 bridgehead atoms. The third kappa shape index (κ3) is 21.3. The molecule has 0 saturated carbocycles. The van der Waals surface area contributed by atoms with Gasteiger partial charge in [0, 0.05) is 0 Å². The van der Waals surface area contributed by atoms with E-state index in [1.807, 2.05) is 0 Å². The van der Waals surface area contributed by atoms with Gasteiger partial charge in [-0.3, -0.25) is 4.57 Å². The first-order chi connectivity index (χ1) is 14.3. The van der Waals surface area contributed by atoms with Crippen molar-refractivity contribution in [3.05, 3.63) is 0 Å². The molecule has 0 N–H and O–H groups in total. The molecule has 5 nitrogen and oxygen atoms in total. The number of hydrogen-bond acceptors (Lipinski definition) is 4. The largest absolute Gasteiger partial charge is 0.756 e. The third-order valence-electron chi connectivity index (χ3n) is 5.81. The predicted octanol–water partition coefficient (Wildman–Crippen LogP) is 6.85. The highest BCUT2D eigenvalue weighted by atomic mass is 31.2. The monoisotopic (exact) mass is 449 g/mol. The van der Waals surface area contributed by atoms with Crippen molar-refractivity contribution in [2.24, 2.45) is 0 Å². The van der Waals surface area contributed by atoms with Crippen LogP contribution in [0.25, 0.3) is 0 Å². The molecule has 0 heterocycles. The summed E-state index contributed by atoms with van der Waals surface area (Å²) in [4.78, 5) is 11.9. The van der Waals surface area contributed by atoms with Crippen LogP contribution in [0.4, 0.5) is 0 Å². The topological polar surface area (TPSA) is 58.6 Å². The molecule has 0 spiro atoms. The molecule has 30 heavy (non-hydrogen) atoms. The highest BCUT2D eigenvalue weighted by molar-refractivity contribution is 7.45. The zero-order valence-corrected chi connectivity index (χ0v) is 21.6. The summed E-state index contributed by atoms with van der Waals surface area (Å²) in [7, 11) is 0.131. The number of quaternary nitrogens is 1. The van der Waals surface area contributed by atoms with Crippen LogP contribution in [-0.4, -0.2) is 44.9 Å². The van der Waals surface area contributed by atoms with Gasteiger partial charge >= 0.3 is 0 Å². The van der Waals surface area contributed by atoms with Crippen molar-refractivity contribution < 1.29 is 23.0 Å². The molecule has 0 aliphatic carbocycles. The van der Waals surface area contributed by atoms with E-state index in [-0.39, 0.29) is 13.2 Å². The normalized spacial score (nSPS) is 14.2. The zero-order chi connectivity index (χ0) is 22.6. The summed E-state index contributed by atoms with van der Waals surface area (Å²) in [5.74, 6) is 0. The molecule has 1 unspecified atom stereocenters. The number of unbranched alkanes of at least 4 members (excludes halogenated alkanes) is 14. The van der Waals surface area contributed by atoms with Gasteiger partial charge in [-0.2, -0.15) is 0 Å². The minimum atomic E-state index is -4.15. The fourth-order valence-corrected chi connectivity index (χ4v) is 4.37. The van der Waals surface area contributed by atoms with Crippen LogP contribution in [0.2, 0.25) is 0 Å². The van der Waals surface area contributed by atoms with Crippen LogP contribution in [-0.2, 0) is 13.6 Å². The van der Waals surface area contributed by atoms with Gasteiger partial charge in [-0.15, -0.1) is 0 Å². The van der Waals surface area contributed by atoms with Crippen LogP contribution < -0.4 is 4.89 Å². The Kier molecular flexibility index (Phi) is 19.8. The predicted molar refractivity (Wildman–Crippen MR) is 127 cm³/mol. The minimum absolute atomic E-state index is 0.196. The van der Waals surface area contributed by atoms with Gasteiger partial charge in [-0.1, -0.05) is 97.3 Å². The Labute approximate surface area is 188 Å². The second kappa shape index (κ2) is 19.7. The van der Waals surface area contributed by atoms with Crippen molar-refractivity contribution in [2.45, 2.75) is 117 Å². The van der Waals surface area contributed by atoms with Crippen LogP contribution in [0, 0.1) is 0 Å². The lowest BCUT2D eigenvalue weighted by atomic mass is 10.1. The lowest BCUT2D eigenvalue weighted by Crippen LogP contribution is -2.43. The maximum atomic E-state index is 11.9. The zero-order valence-electron chi connectivity index (χ0n) is 20.7. The molecule has 0 saturated heterocycles. The van der Waals surface area contributed by atoms with Gasteiger partial charge < -0.3 is 18.4 Å². The minimum Gasteiger partial charge on any atom is -0.756 e. The van der Waals surface area contributed by atoms with Gasteiger partial charge in [-0.05, 0) is 19.3 Å². The van der Waals surface area contributed by atoms with Crippen molar-refractivity contribution in [3.63, 3.8) is 0 Å². The number of phosphoric acid groups is 1. The fourth-order valence-electron chi connectivity index (χ4n) is 3.63. The highest BCUT2D eigenvalue weighted by Crippen LogP contribution is 2.38. The SMILES string of the molecule is CCCCCCCCCCCC[N+](C)(C)CCOP(=O)([O-])OCCCCCCCC. The van der Waals surface area contributed by atoms with Gasteiger partial charge in [0.25, 0.3) is 7.82 Å². The molecule has 0 aromatic heterocycles. The van der Waals surface area contributed by atoms with E-state index >= 15 is 0 Å². The highest BCUT2D eigenvalue weighted by Gasteiger charge is 2.17. The van der Waals surface area contributed by atoms with Crippen molar-refractivity contribution in [1.29, 1.82) is 0 Å². The molecule has 0 aliphatic heterocycles.